The van der Waals surface area contributed by atoms with Crippen molar-refractivity contribution in [3.05, 3.63) is 29.3 Å². The predicted octanol–water partition coefficient (Wildman–Crippen LogP) is 2.57. The molecule has 1 aromatic carbocycles. The van der Waals surface area contributed by atoms with Crippen LogP contribution in [0.2, 0.25) is 0 Å². The summed E-state index contributed by atoms with van der Waals surface area (Å²) in [6.45, 7) is 5.98. The van der Waals surface area contributed by atoms with Crippen molar-refractivity contribution >= 4 is 10.0 Å². The van der Waals surface area contributed by atoms with Crippen LogP contribution in [0.15, 0.2) is 23.1 Å². The maximum Gasteiger partial charge on any atom is 0.240 e. The molecule has 1 aromatic rings. The molecule has 118 valence electrons. The fraction of sp³-hybridized carbons (Fsp3) is 0.625. The normalized spacial score (nSPS) is 15.3. The second kappa shape index (κ2) is 7.38. The third kappa shape index (κ3) is 5.09. The van der Waals surface area contributed by atoms with E-state index in [9.17, 15) is 8.42 Å². The molecule has 5 heteroatoms. The lowest BCUT2D eigenvalue weighted by Gasteiger charge is -2.11. The topological polar surface area (TPSA) is 58.2 Å². The molecule has 2 rings (SSSR count). The molecule has 0 aromatic heterocycles. The zero-order valence-electron chi connectivity index (χ0n) is 13.0. The van der Waals surface area contributed by atoms with E-state index in [0.717, 1.165) is 36.4 Å². The molecule has 1 aliphatic carbocycles. The molecule has 0 spiro atoms. The molecule has 0 atom stereocenters. The Morgan fingerprint density at radius 2 is 2.05 bits per heavy atom. The van der Waals surface area contributed by atoms with Crippen molar-refractivity contribution in [1.82, 2.24) is 10.0 Å². The Hall–Kier alpha value is -0.910. The second-order valence-corrected chi connectivity index (χ2v) is 7.60. The highest BCUT2D eigenvalue weighted by Crippen LogP contribution is 2.33. The molecule has 1 fully saturated rings. The first-order valence-corrected chi connectivity index (χ1v) is 9.31. The maximum absolute atomic E-state index is 12.4. The van der Waals surface area contributed by atoms with Crippen LogP contribution in [0.1, 0.15) is 43.7 Å². The van der Waals surface area contributed by atoms with E-state index in [2.05, 4.69) is 10.0 Å². The quantitative estimate of drug-likeness (QED) is 0.689. The third-order valence-corrected chi connectivity index (χ3v) is 5.50. The Labute approximate surface area is 128 Å². The molecule has 4 nitrogen and oxygen atoms in total. The van der Waals surface area contributed by atoms with E-state index >= 15 is 0 Å². The smallest absolute Gasteiger partial charge is 0.240 e. The van der Waals surface area contributed by atoms with E-state index in [4.69, 9.17) is 0 Å². The summed E-state index contributed by atoms with van der Waals surface area (Å²) in [6, 6.07) is 5.64. The molecule has 0 saturated heterocycles. The largest absolute Gasteiger partial charge is 0.313 e. The molecule has 0 bridgehead atoms. The van der Waals surface area contributed by atoms with E-state index in [0.29, 0.717) is 18.0 Å². The molecule has 1 aliphatic rings. The molecule has 2 N–H and O–H groups in total. The zero-order chi connectivity index (χ0) is 15.3. The number of aryl methyl sites for hydroxylation is 1. The number of hydrogen-bond acceptors (Lipinski definition) is 3. The fourth-order valence-corrected chi connectivity index (χ4v) is 3.76. The molecule has 0 aliphatic heterocycles. The summed E-state index contributed by atoms with van der Waals surface area (Å²) in [6.07, 6.45) is 4.71. The number of rotatable bonds is 9. The highest BCUT2D eigenvalue weighted by molar-refractivity contribution is 7.89. The average Bonchev–Trinajstić information content (AvgIpc) is 3.27. The summed E-state index contributed by atoms with van der Waals surface area (Å²) in [5.41, 5.74) is 1.80. The summed E-state index contributed by atoms with van der Waals surface area (Å²) in [5, 5.41) is 3.22. The zero-order valence-corrected chi connectivity index (χ0v) is 13.8. The molecule has 0 heterocycles. The van der Waals surface area contributed by atoms with Gasteiger partial charge in [0.15, 0.2) is 0 Å². The van der Waals surface area contributed by atoms with Gasteiger partial charge in [-0.25, -0.2) is 13.1 Å². The van der Waals surface area contributed by atoms with Crippen molar-refractivity contribution in [2.75, 3.05) is 13.1 Å². The number of benzene rings is 1. The molecule has 21 heavy (non-hydrogen) atoms. The lowest BCUT2D eigenvalue weighted by atomic mass is 10.1. The van der Waals surface area contributed by atoms with Gasteiger partial charge in [0, 0.05) is 13.1 Å². The molecular weight excluding hydrogens is 284 g/mol. The Balaban J connectivity index is 1.98. The van der Waals surface area contributed by atoms with Gasteiger partial charge in [-0.05, 0) is 49.4 Å². The van der Waals surface area contributed by atoms with Gasteiger partial charge in [0.1, 0.15) is 0 Å². The van der Waals surface area contributed by atoms with Crippen LogP contribution in [0.4, 0.5) is 0 Å². The van der Waals surface area contributed by atoms with Gasteiger partial charge in [-0.2, -0.15) is 0 Å². The Kier molecular flexibility index (Phi) is 5.79. The van der Waals surface area contributed by atoms with Crippen molar-refractivity contribution in [2.24, 2.45) is 5.92 Å². The summed E-state index contributed by atoms with van der Waals surface area (Å²) in [5.74, 6) is 0.847. The monoisotopic (exact) mass is 310 g/mol. The van der Waals surface area contributed by atoms with Gasteiger partial charge in [0.05, 0.1) is 4.90 Å². The third-order valence-electron chi connectivity index (χ3n) is 3.90. The van der Waals surface area contributed by atoms with Crippen LogP contribution >= 0.6 is 0 Å². The Morgan fingerprint density at radius 3 is 2.71 bits per heavy atom. The van der Waals surface area contributed by atoms with Crippen molar-refractivity contribution in [3.63, 3.8) is 0 Å². The van der Waals surface area contributed by atoms with Crippen LogP contribution in [0.3, 0.4) is 0 Å². The van der Waals surface area contributed by atoms with Gasteiger partial charge in [0.2, 0.25) is 10.0 Å². The summed E-state index contributed by atoms with van der Waals surface area (Å²) < 4.78 is 27.6. The average molecular weight is 310 g/mol. The number of sulfonamides is 1. The first-order valence-electron chi connectivity index (χ1n) is 7.83. The molecule has 1 saturated carbocycles. The molecule has 0 amide bonds. The SMILES string of the molecule is CCNCc1ccc(C)c(S(=O)(=O)NCCCC2CC2)c1. The molecular formula is C16H26N2O2S. The van der Waals surface area contributed by atoms with E-state index in [1.54, 1.807) is 6.07 Å². The number of hydrogen-bond donors (Lipinski definition) is 2. The van der Waals surface area contributed by atoms with E-state index in [1.807, 2.05) is 26.0 Å². The first-order chi connectivity index (χ1) is 10.0. The van der Waals surface area contributed by atoms with Crippen molar-refractivity contribution < 1.29 is 8.42 Å². The minimum Gasteiger partial charge on any atom is -0.313 e. The van der Waals surface area contributed by atoms with Crippen LogP contribution < -0.4 is 10.0 Å². The first kappa shape index (κ1) is 16.5. The summed E-state index contributed by atoms with van der Waals surface area (Å²) in [4.78, 5) is 0.407. The van der Waals surface area contributed by atoms with Crippen LogP contribution in [-0.4, -0.2) is 21.5 Å². The minimum atomic E-state index is -3.39. The lowest BCUT2D eigenvalue weighted by molar-refractivity contribution is 0.571. The fourth-order valence-electron chi connectivity index (χ4n) is 2.39. The van der Waals surface area contributed by atoms with Gasteiger partial charge in [-0.3, -0.25) is 0 Å². The van der Waals surface area contributed by atoms with Crippen molar-refractivity contribution in [3.8, 4) is 0 Å². The van der Waals surface area contributed by atoms with E-state index < -0.39 is 10.0 Å². The van der Waals surface area contributed by atoms with Crippen LogP contribution in [0.25, 0.3) is 0 Å². The van der Waals surface area contributed by atoms with Crippen molar-refractivity contribution in [1.29, 1.82) is 0 Å². The van der Waals surface area contributed by atoms with Gasteiger partial charge >= 0.3 is 0 Å². The lowest BCUT2D eigenvalue weighted by Crippen LogP contribution is -2.26. The highest BCUT2D eigenvalue weighted by Gasteiger charge is 2.21. The van der Waals surface area contributed by atoms with Gasteiger partial charge in [-0.15, -0.1) is 0 Å². The molecule has 0 radical (unpaired) electrons. The maximum atomic E-state index is 12.4. The minimum absolute atomic E-state index is 0.407. The van der Waals surface area contributed by atoms with E-state index in [1.165, 1.54) is 12.8 Å². The summed E-state index contributed by atoms with van der Waals surface area (Å²) >= 11 is 0. The van der Waals surface area contributed by atoms with Crippen LogP contribution in [0.5, 0.6) is 0 Å². The molecule has 0 unspecified atom stereocenters. The van der Waals surface area contributed by atoms with Crippen LogP contribution in [0, 0.1) is 12.8 Å². The summed E-state index contributed by atoms with van der Waals surface area (Å²) in [7, 11) is -3.39. The number of nitrogens with one attached hydrogen (secondary N) is 2. The Bertz CT molecular complexity index is 566. The van der Waals surface area contributed by atoms with Gasteiger partial charge in [-0.1, -0.05) is 31.9 Å². The van der Waals surface area contributed by atoms with Gasteiger partial charge < -0.3 is 5.32 Å². The second-order valence-electron chi connectivity index (χ2n) is 5.86. The van der Waals surface area contributed by atoms with E-state index in [-0.39, 0.29) is 0 Å². The standard InChI is InChI=1S/C16H26N2O2S/c1-3-17-12-15-7-6-13(2)16(11-15)21(19,20)18-10-4-5-14-8-9-14/h6-7,11,14,17-18H,3-5,8-10,12H2,1-2H3. The van der Waals surface area contributed by atoms with Gasteiger partial charge in [0.25, 0.3) is 0 Å². The van der Waals surface area contributed by atoms with Crippen LogP contribution in [-0.2, 0) is 16.6 Å². The predicted molar refractivity (Wildman–Crippen MR) is 85.7 cm³/mol. The Morgan fingerprint density at radius 1 is 1.29 bits per heavy atom. The highest BCUT2D eigenvalue weighted by atomic mass is 32.2. The van der Waals surface area contributed by atoms with Crippen molar-refractivity contribution in [2.45, 2.75) is 51.0 Å².